The minimum atomic E-state index is 0.0662. The molecule has 0 aliphatic carbocycles. The summed E-state index contributed by atoms with van der Waals surface area (Å²) in [6.07, 6.45) is 0.667. The summed E-state index contributed by atoms with van der Waals surface area (Å²) in [6, 6.07) is 14.8. The number of benzene rings is 2. The van der Waals surface area contributed by atoms with Gasteiger partial charge in [-0.25, -0.2) is 0 Å². The minimum absolute atomic E-state index is 0.0662. The van der Waals surface area contributed by atoms with E-state index < -0.39 is 0 Å². The largest absolute Gasteiger partial charge is 0.396 e. The summed E-state index contributed by atoms with van der Waals surface area (Å²) in [6.45, 7) is 0.166. The van der Waals surface area contributed by atoms with Crippen LogP contribution in [0.5, 0.6) is 0 Å². The van der Waals surface area contributed by atoms with Gasteiger partial charge in [-0.1, -0.05) is 30.3 Å². The fourth-order valence-corrected chi connectivity index (χ4v) is 2.66. The Kier molecular flexibility index (Phi) is 4.42. The van der Waals surface area contributed by atoms with E-state index >= 15 is 0 Å². The molecule has 17 heavy (non-hydrogen) atoms. The molecule has 90 valence electrons. The number of thioether (sulfide) groups is 1. The third-order valence-corrected chi connectivity index (χ3v) is 3.87. The monoisotopic (exact) mass is 247 g/mol. The molecule has 1 atom stereocenters. The van der Waals surface area contributed by atoms with Gasteiger partial charge >= 0.3 is 0 Å². The van der Waals surface area contributed by atoms with Crippen LogP contribution in [0.15, 0.2) is 47.4 Å². The highest BCUT2D eigenvalue weighted by atomic mass is 32.2. The van der Waals surface area contributed by atoms with Crippen molar-refractivity contribution in [3.63, 3.8) is 0 Å². The number of hydrogen-bond donors (Lipinski definition) is 2. The molecule has 0 aromatic heterocycles. The van der Waals surface area contributed by atoms with E-state index in [1.54, 1.807) is 11.8 Å². The quantitative estimate of drug-likeness (QED) is 0.798. The molecule has 1 unspecified atom stereocenters. The SMILES string of the molecule is NC(CCO)CSc1ccc2ccccc2c1. The molecule has 0 saturated heterocycles. The van der Waals surface area contributed by atoms with E-state index in [0.717, 1.165) is 5.75 Å². The van der Waals surface area contributed by atoms with Gasteiger partial charge in [0.1, 0.15) is 0 Å². The van der Waals surface area contributed by atoms with Crippen molar-refractivity contribution < 1.29 is 5.11 Å². The molecule has 0 heterocycles. The van der Waals surface area contributed by atoms with Crippen LogP contribution in [0.25, 0.3) is 10.8 Å². The zero-order valence-electron chi connectivity index (χ0n) is 9.67. The summed E-state index contributed by atoms with van der Waals surface area (Å²) in [4.78, 5) is 1.23. The second-order valence-corrected chi connectivity index (χ2v) is 5.19. The van der Waals surface area contributed by atoms with Crippen LogP contribution in [0.4, 0.5) is 0 Å². The lowest BCUT2D eigenvalue weighted by molar-refractivity contribution is 0.279. The molecule has 2 nitrogen and oxygen atoms in total. The Labute approximate surface area is 106 Å². The maximum Gasteiger partial charge on any atom is 0.0446 e. The summed E-state index contributed by atoms with van der Waals surface area (Å²) in [7, 11) is 0. The average Bonchev–Trinajstić information content (AvgIpc) is 2.36. The molecule has 0 fully saturated rings. The molecule has 0 spiro atoms. The Morgan fingerprint density at radius 2 is 1.88 bits per heavy atom. The molecule has 0 bridgehead atoms. The van der Waals surface area contributed by atoms with Gasteiger partial charge in [-0.15, -0.1) is 11.8 Å². The highest BCUT2D eigenvalue weighted by molar-refractivity contribution is 7.99. The molecule has 0 aliphatic heterocycles. The first-order valence-corrected chi connectivity index (χ1v) is 6.76. The van der Waals surface area contributed by atoms with Crippen LogP contribution >= 0.6 is 11.8 Å². The Balaban J connectivity index is 2.04. The van der Waals surface area contributed by atoms with Crippen molar-refractivity contribution in [1.29, 1.82) is 0 Å². The predicted molar refractivity (Wildman–Crippen MR) is 74.4 cm³/mol. The molecule has 3 heteroatoms. The van der Waals surface area contributed by atoms with Gasteiger partial charge in [-0.05, 0) is 29.3 Å². The first kappa shape index (κ1) is 12.4. The number of hydrogen-bond acceptors (Lipinski definition) is 3. The van der Waals surface area contributed by atoms with Gasteiger partial charge in [-0.2, -0.15) is 0 Å². The molecule has 0 amide bonds. The lowest BCUT2D eigenvalue weighted by atomic mass is 10.1. The molecule has 2 rings (SSSR count). The lowest BCUT2D eigenvalue weighted by Gasteiger charge is -2.09. The van der Waals surface area contributed by atoms with E-state index in [1.807, 2.05) is 12.1 Å². The first-order chi connectivity index (χ1) is 8.29. The normalized spacial score (nSPS) is 12.8. The Morgan fingerprint density at radius 3 is 2.65 bits per heavy atom. The lowest BCUT2D eigenvalue weighted by Crippen LogP contribution is -2.23. The highest BCUT2D eigenvalue weighted by Crippen LogP contribution is 2.24. The van der Waals surface area contributed by atoms with Crippen LogP contribution in [0.2, 0.25) is 0 Å². The van der Waals surface area contributed by atoms with Crippen LogP contribution in [0.1, 0.15) is 6.42 Å². The van der Waals surface area contributed by atoms with Gasteiger partial charge in [0.15, 0.2) is 0 Å². The van der Waals surface area contributed by atoms with Crippen LogP contribution in [0.3, 0.4) is 0 Å². The van der Waals surface area contributed by atoms with Crippen LogP contribution in [-0.4, -0.2) is 23.5 Å². The second kappa shape index (κ2) is 6.05. The number of aliphatic hydroxyl groups excluding tert-OH is 1. The maximum absolute atomic E-state index is 8.79. The highest BCUT2D eigenvalue weighted by Gasteiger charge is 2.03. The molecule has 2 aromatic rings. The first-order valence-electron chi connectivity index (χ1n) is 5.77. The van der Waals surface area contributed by atoms with Crippen molar-refractivity contribution in [3.8, 4) is 0 Å². The van der Waals surface area contributed by atoms with Gasteiger partial charge in [0.05, 0.1) is 0 Å². The fourth-order valence-electron chi connectivity index (χ4n) is 1.71. The molecule has 0 aliphatic rings. The van der Waals surface area contributed by atoms with E-state index in [0.29, 0.717) is 6.42 Å². The van der Waals surface area contributed by atoms with E-state index in [9.17, 15) is 0 Å². The second-order valence-electron chi connectivity index (χ2n) is 4.09. The molecular formula is C14H17NOS. The number of nitrogens with two attached hydrogens (primary N) is 1. The van der Waals surface area contributed by atoms with Crippen LogP contribution in [-0.2, 0) is 0 Å². The molecule has 0 radical (unpaired) electrons. The van der Waals surface area contributed by atoms with Crippen LogP contribution in [0, 0.1) is 0 Å². The van der Waals surface area contributed by atoms with Gasteiger partial charge in [-0.3, -0.25) is 0 Å². The minimum Gasteiger partial charge on any atom is -0.396 e. The van der Waals surface area contributed by atoms with Gasteiger partial charge in [0.2, 0.25) is 0 Å². The predicted octanol–water partition coefficient (Wildman–Crippen LogP) is 2.64. The summed E-state index contributed by atoms with van der Waals surface area (Å²) in [5, 5.41) is 11.3. The summed E-state index contributed by atoms with van der Waals surface area (Å²) < 4.78 is 0. The smallest absolute Gasteiger partial charge is 0.0446 e. The van der Waals surface area contributed by atoms with E-state index in [1.165, 1.54) is 15.7 Å². The summed E-state index contributed by atoms with van der Waals surface area (Å²) in [5.74, 6) is 0.846. The third-order valence-electron chi connectivity index (χ3n) is 2.68. The standard InChI is InChI=1S/C14H17NOS/c15-13(7-8-16)10-17-14-6-5-11-3-1-2-4-12(11)9-14/h1-6,9,13,16H,7-8,10,15H2. The van der Waals surface area contributed by atoms with Gasteiger partial charge < -0.3 is 10.8 Å². The molecule has 3 N–H and O–H groups in total. The third kappa shape index (κ3) is 3.46. The van der Waals surface area contributed by atoms with Crippen molar-refractivity contribution in [2.24, 2.45) is 5.73 Å². The van der Waals surface area contributed by atoms with Crippen molar-refractivity contribution in [2.75, 3.05) is 12.4 Å². The van der Waals surface area contributed by atoms with E-state index in [-0.39, 0.29) is 12.6 Å². The Morgan fingerprint density at radius 1 is 1.12 bits per heavy atom. The molecule has 0 saturated carbocycles. The number of fused-ring (bicyclic) bond motifs is 1. The van der Waals surface area contributed by atoms with Crippen molar-refractivity contribution >= 4 is 22.5 Å². The Bertz CT molecular complexity index is 486. The van der Waals surface area contributed by atoms with Crippen LogP contribution < -0.4 is 5.73 Å². The van der Waals surface area contributed by atoms with Gasteiger partial charge in [0, 0.05) is 23.3 Å². The molecule has 2 aromatic carbocycles. The fraction of sp³-hybridized carbons (Fsp3) is 0.286. The zero-order valence-corrected chi connectivity index (χ0v) is 10.5. The number of rotatable bonds is 5. The average molecular weight is 247 g/mol. The van der Waals surface area contributed by atoms with Crippen molar-refractivity contribution in [3.05, 3.63) is 42.5 Å². The van der Waals surface area contributed by atoms with E-state index in [4.69, 9.17) is 10.8 Å². The Hall–Kier alpha value is -1.03. The zero-order chi connectivity index (χ0) is 12.1. The van der Waals surface area contributed by atoms with E-state index in [2.05, 4.69) is 30.3 Å². The topological polar surface area (TPSA) is 46.2 Å². The van der Waals surface area contributed by atoms with Crippen molar-refractivity contribution in [1.82, 2.24) is 0 Å². The molecular weight excluding hydrogens is 230 g/mol. The van der Waals surface area contributed by atoms with Gasteiger partial charge in [0.25, 0.3) is 0 Å². The van der Waals surface area contributed by atoms with Crippen molar-refractivity contribution in [2.45, 2.75) is 17.4 Å². The maximum atomic E-state index is 8.79. The summed E-state index contributed by atoms with van der Waals surface area (Å²) in [5.41, 5.74) is 5.86. The summed E-state index contributed by atoms with van der Waals surface area (Å²) >= 11 is 1.75. The number of aliphatic hydroxyl groups is 1.